The van der Waals surface area contributed by atoms with Crippen molar-refractivity contribution in [1.29, 1.82) is 0 Å². The van der Waals surface area contributed by atoms with Crippen molar-refractivity contribution in [3.05, 3.63) is 53.6 Å². The molecule has 2 aromatic carbocycles. The maximum Gasteiger partial charge on any atom is 0.251 e. The van der Waals surface area contributed by atoms with E-state index in [0.717, 1.165) is 11.3 Å². The van der Waals surface area contributed by atoms with Crippen LogP contribution in [0, 0.1) is 0 Å². The number of hydrogen-bond donors (Lipinski definition) is 1. The summed E-state index contributed by atoms with van der Waals surface area (Å²) < 4.78 is 10.4. The Balaban J connectivity index is 2.08. The highest BCUT2D eigenvalue weighted by atomic mass is 16.5. The smallest absolute Gasteiger partial charge is 0.251 e. The Hall–Kier alpha value is -3.02. The van der Waals surface area contributed by atoms with E-state index < -0.39 is 0 Å². The second-order valence-electron chi connectivity index (χ2n) is 6.71. The first-order valence-corrected chi connectivity index (χ1v) is 9.26. The summed E-state index contributed by atoms with van der Waals surface area (Å²) in [6.07, 6.45) is 0. The summed E-state index contributed by atoms with van der Waals surface area (Å²) in [6, 6.07) is 12.8. The molecule has 0 atom stereocenters. The van der Waals surface area contributed by atoms with Gasteiger partial charge in [-0.25, -0.2) is 0 Å². The molecule has 0 aliphatic heterocycles. The van der Waals surface area contributed by atoms with Gasteiger partial charge < -0.3 is 19.7 Å². The van der Waals surface area contributed by atoms with Crippen molar-refractivity contribution >= 4 is 17.5 Å². The maximum absolute atomic E-state index is 12.5. The molecule has 6 nitrogen and oxygen atoms in total. The van der Waals surface area contributed by atoms with Crippen LogP contribution in [0.2, 0.25) is 0 Å². The molecule has 0 bridgehead atoms. The van der Waals surface area contributed by atoms with E-state index >= 15 is 0 Å². The molecule has 0 spiro atoms. The Kier molecular flexibility index (Phi) is 7.44. The molecule has 2 amide bonds. The van der Waals surface area contributed by atoms with Gasteiger partial charge in [0.2, 0.25) is 5.91 Å². The molecule has 0 aliphatic rings. The van der Waals surface area contributed by atoms with Crippen LogP contribution in [0.5, 0.6) is 11.5 Å². The molecule has 0 saturated heterocycles. The number of nitrogens with zero attached hydrogens (tertiary/aromatic N) is 1. The average Bonchev–Trinajstić information content (AvgIpc) is 2.70. The SMILES string of the molecule is COc1ccc(C(=O)NCCN(C(C)=O)c2ccccc2C(C)C)cc1OC. The summed E-state index contributed by atoms with van der Waals surface area (Å²) in [7, 11) is 3.07. The van der Waals surface area contributed by atoms with E-state index in [1.807, 2.05) is 24.3 Å². The van der Waals surface area contributed by atoms with Crippen LogP contribution < -0.4 is 19.7 Å². The number of para-hydroxylation sites is 1. The molecule has 0 radical (unpaired) electrons. The number of carbonyl (C=O) groups is 2. The van der Waals surface area contributed by atoms with E-state index in [4.69, 9.17) is 9.47 Å². The van der Waals surface area contributed by atoms with Crippen LogP contribution in [0.3, 0.4) is 0 Å². The Labute approximate surface area is 166 Å². The van der Waals surface area contributed by atoms with E-state index in [9.17, 15) is 9.59 Å². The lowest BCUT2D eigenvalue weighted by Crippen LogP contribution is -2.38. The number of carbonyl (C=O) groups excluding carboxylic acids is 2. The van der Waals surface area contributed by atoms with E-state index in [0.29, 0.717) is 36.1 Å². The van der Waals surface area contributed by atoms with Gasteiger partial charge in [-0.05, 0) is 35.7 Å². The van der Waals surface area contributed by atoms with Gasteiger partial charge in [0, 0.05) is 31.3 Å². The van der Waals surface area contributed by atoms with E-state index in [2.05, 4.69) is 19.2 Å². The second kappa shape index (κ2) is 9.78. The lowest BCUT2D eigenvalue weighted by molar-refractivity contribution is -0.116. The molecule has 0 fully saturated rings. The highest BCUT2D eigenvalue weighted by molar-refractivity contribution is 5.95. The third kappa shape index (κ3) is 5.03. The summed E-state index contributed by atoms with van der Waals surface area (Å²) in [5.74, 6) is 1.05. The topological polar surface area (TPSA) is 67.9 Å². The van der Waals surface area contributed by atoms with Gasteiger partial charge in [0.05, 0.1) is 14.2 Å². The van der Waals surface area contributed by atoms with Gasteiger partial charge in [0.15, 0.2) is 11.5 Å². The minimum atomic E-state index is -0.235. The highest BCUT2D eigenvalue weighted by Crippen LogP contribution is 2.28. The standard InChI is InChI=1S/C22H28N2O4/c1-15(2)18-8-6-7-9-19(18)24(16(3)25)13-12-23-22(26)17-10-11-20(27-4)21(14-17)28-5/h6-11,14-15H,12-13H2,1-5H3,(H,23,26). The summed E-state index contributed by atoms with van der Waals surface area (Å²) in [6.45, 7) is 6.44. The van der Waals surface area contributed by atoms with Gasteiger partial charge in [-0.15, -0.1) is 0 Å². The van der Waals surface area contributed by atoms with Crippen molar-refractivity contribution < 1.29 is 19.1 Å². The molecule has 150 valence electrons. The predicted molar refractivity (Wildman–Crippen MR) is 110 cm³/mol. The van der Waals surface area contributed by atoms with Crippen LogP contribution in [0.1, 0.15) is 42.6 Å². The molecule has 0 aromatic heterocycles. The zero-order chi connectivity index (χ0) is 20.7. The monoisotopic (exact) mass is 384 g/mol. The van der Waals surface area contributed by atoms with Gasteiger partial charge in [-0.3, -0.25) is 9.59 Å². The van der Waals surface area contributed by atoms with Gasteiger partial charge in [0.1, 0.15) is 0 Å². The summed E-state index contributed by atoms with van der Waals surface area (Å²) in [5, 5.41) is 2.86. The van der Waals surface area contributed by atoms with Gasteiger partial charge in [-0.1, -0.05) is 32.0 Å². The van der Waals surface area contributed by atoms with Crippen molar-refractivity contribution in [2.75, 3.05) is 32.2 Å². The van der Waals surface area contributed by atoms with Gasteiger partial charge >= 0.3 is 0 Å². The predicted octanol–water partition coefficient (Wildman–Crippen LogP) is 3.61. The number of ether oxygens (including phenoxy) is 2. The molecule has 6 heteroatoms. The summed E-state index contributed by atoms with van der Waals surface area (Å²) in [4.78, 5) is 26.4. The van der Waals surface area contributed by atoms with Crippen molar-refractivity contribution in [2.24, 2.45) is 0 Å². The number of hydrogen-bond acceptors (Lipinski definition) is 4. The molecule has 0 heterocycles. The fraction of sp³-hybridized carbons (Fsp3) is 0.364. The molecule has 28 heavy (non-hydrogen) atoms. The van der Waals surface area contributed by atoms with Crippen molar-refractivity contribution in [3.8, 4) is 11.5 Å². The lowest BCUT2D eigenvalue weighted by atomic mass is 10.0. The molecular formula is C22H28N2O4. The van der Waals surface area contributed by atoms with Gasteiger partial charge in [0.25, 0.3) is 5.91 Å². The number of amides is 2. The fourth-order valence-electron chi connectivity index (χ4n) is 3.03. The Morgan fingerprint density at radius 1 is 1.04 bits per heavy atom. The van der Waals surface area contributed by atoms with E-state index in [-0.39, 0.29) is 11.8 Å². The van der Waals surface area contributed by atoms with Crippen molar-refractivity contribution in [3.63, 3.8) is 0 Å². The number of nitrogens with one attached hydrogen (secondary N) is 1. The van der Waals surface area contributed by atoms with Crippen LogP contribution in [0.25, 0.3) is 0 Å². The quantitative estimate of drug-likeness (QED) is 0.755. The fourth-order valence-corrected chi connectivity index (χ4v) is 3.03. The molecule has 2 rings (SSSR count). The zero-order valence-corrected chi connectivity index (χ0v) is 17.1. The van der Waals surface area contributed by atoms with E-state index in [1.54, 1.807) is 30.2 Å². The molecular weight excluding hydrogens is 356 g/mol. The molecule has 2 aromatic rings. The van der Waals surface area contributed by atoms with Crippen LogP contribution in [0.4, 0.5) is 5.69 Å². The number of methoxy groups -OCH3 is 2. The molecule has 1 N–H and O–H groups in total. The number of benzene rings is 2. The summed E-state index contributed by atoms with van der Waals surface area (Å²) >= 11 is 0. The maximum atomic E-state index is 12.5. The van der Waals surface area contributed by atoms with Crippen molar-refractivity contribution in [1.82, 2.24) is 5.32 Å². The molecule has 0 unspecified atom stereocenters. The largest absolute Gasteiger partial charge is 0.493 e. The number of anilines is 1. The minimum absolute atomic E-state index is 0.0616. The normalized spacial score (nSPS) is 10.5. The van der Waals surface area contributed by atoms with E-state index in [1.165, 1.54) is 14.0 Å². The minimum Gasteiger partial charge on any atom is -0.493 e. The number of rotatable bonds is 8. The van der Waals surface area contributed by atoms with Crippen LogP contribution in [-0.2, 0) is 4.79 Å². The first-order chi connectivity index (χ1) is 13.4. The molecule has 0 saturated carbocycles. The molecule has 0 aliphatic carbocycles. The second-order valence-corrected chi connectivity index (χ2v) is 6.71. The Morgan fingerprint density at radius 2 is 1.71 bits per heavy atom. The first kappa shape index (κ1) is 21.3. The Morgan fingerprint density at radius 3 is 2.32 bits per heavy atom. The van der Waals surface area contributed by atoms with Crippen LogP contribution in [-0.4, -0.2) is 39.1 Å². The Bertz CT molecular complexity index is 833. The van der Waals surface area contributed by atoms with Crippen LogP contribution in [0.15, 0.2) is 42.5 Å². The third-order valence-corrected chi connectivity index (χ3v) is 4.50. The summed E-state index contributed by atoms with van der Waals surface area (Å²) in [5.41, 5.74) is 2.45. The zero-order valence-electron chi connectivity index (χ0n) is 17.1. The van der Waals surface area contributed by atoms with Crippen LogP contribution >= 0.6 is 0 Å². The third-order valence-electron chi connectivity index (χ3n) is 4.50. The van der Waals surface area contributed by atoms with Crippen molar-refractivity contribution in [2.45, 2.75) is 26.7 Å². The lowest BCUT2D eigenvalue weighted by Gasteiger charge is -2.25. The highest BCUT2D eigenvalue weighted by Gasteiger charge is 2.17. The van der Waals surface area contributed by atoms with Gasteiger partial charge in [-0.2, -0.15) is 0 Å². The average molecular weight is 384 g/mol. The first-order valence-electron chi connectivity index (χ1n) is 9.26.